The minimum atomic E-state index is -0.634. The Balaban J connectivity index is 0.00000280. The fourth-order valence-electron chi connectivity index (χ4n) is 2.70. The maximum atomic E-state index is 13.4. The molecule has 1 heterocycles. The zero-order valence-electron chi connectivity index (χ0n) is 15.5. The van der Waals surface area contributed by atoms with Crippen LogP contribution in [0.5, 0.6) is 5.75 Å². The molecule has 3 aromatic rings. The molecular formula is C20H23FIN5O. The summed E-state index contributed by atoms with van der Waals surface area (Å²) in [7, 11) is 1.68. The van der Waals surface area contributed by atoms with E-state index in [1.165, 1.54) is 17.7 Å². The predicted octanol–water partition coefficient (Wildman–Crippen LogP) is 3.26. The van der Waals surface area contributed by atoms with Gasteiger partial charge in [0.15, 0.2) is 17.5 Å². The van der Waals surface area contributed by atoms with Crippen molar-refractivity contribution in [3.8, 4) is 5.75 Å². The minimum Gasteiger partial charge on any atom is -0.505 e. The number of nitrogens with zero attached hydrogens (tertiary/aromatic N) is 3. The second-order valence-electron chi connectivity index (χ2n) is 6.04. The molecule has 0 saturated heterocycles. The van der Waals surface area contributed by atoms with E-state index in [4.69, 9.17) is 0 Å². The molecule has 0 bridgehead atoms. The number of nitrogens with one attached hydrogen (secondary N) is 2. The van der Waals surface area contributed by atoms with Gasteiger partial charge in [-0.25, -0.2) is 4.39 Å². The topological polar surface area (TPSA) is 74.5 Å². The Hall–Kier alpha value is -2.62. The van der Waals surface area contributed by atoms with Crippen LogP contribution in [0.15, 0.2) is 65.9 Å². The summed E-state index contributed by atoms with van der Waals surface area (Å²) in [6, 6.07) is 14.4. The molecule has 0 aliphatic carbocycles. The van der Waals surface area contributed by atoms with Crippen molar-refractivity contribution in [3.05, 3.63) is 83.4 Å². The predicted molar refractivity (Wildman–Crippen MR) is 118 cm³/mol. The van der Waals surface area contributed by atoms with Gasteiger partial charge in [0.2, 0.25) is 0 Å². The number of benzene rings is 2. The van der Waals surface area contributed by atoms with Gasteiger partial charge in [-0.2, -0.15) is 5.10 Å². The van der Waals surface area contributed by atoms with Crippen LogP contribution in [-0.4, -0.2) is 27.9 Å². The molecule has 0 amide bonds. The number of aliphatic imine (C=N–C) groups is 1. The first kappa shape index (κ1) is 21.7. The summed E-state index contributed by atoms with van der Waals surface area (Å²) in [5.41, 5.74) is 3.03. The molecule has 3 N–H and O–H groups in total. The van der Waals surface area contributed by atoms with Gasteiger partial charge in [0.05, 0.1) is 6.54 Å². The molecule has 0 fully saturated rings. The number of hydrogen-bond acceptors (Lipinski definition) is 3. The van der Waals surface area contributed by atoms with Gasteiger partial charge >= 0.3 is 0 Å². The van der Waals surface area contributed by atoms with E-state index in [0.717, 1.165) is 5.56 Å². The molecule has 2 aromatic carbocycles. The summed E-state index contributed by atoms with van der Waals surface area (Å²) in [5.74, 6) is -0.378. The van der Waals surface area contributed by atoms with Gasteiger partial charge in [-0.3, -0.25) is 9.67 Å². The van der Waals surface area contributed by atoms with Crippen LogP contribution >= 0.6 is 24.0 Å². The SMILES string of the molecule is CN=C(NCc1ccc(O)c(F)c1)NCc1ccccc1Cn1cccn1.I. The lowest BCUT2D eigenvalue weighted by Crippen LogP contribution is -2.36. The van der Waals surface area contributed by atoms with E-state index < -0.39 is 5.82 Å². The lowest BCUT2D eigenvalue weighted by atomic mass is 10.1. The lowest BCUT2D eigenvalue weighted by molar-refractivity contribution is 0.431. The van der Waals surface area contributed by atoms with Crippen molar-refractivity contribution in [1.29, 1.82) is 0 Å². The first-order chi connectivity index (χ1) is 13.2. The summed E-state index contributed by atoms with van der Waals surface area (Å²) in [4.78, 5) is 4.20. The average Bonchev–Trinajstić information content (AvgIpc) is 3.19. The number of halogens is 2. The fraction of sp³-hybridized carbons (Fsp3) is 0.200. The van der Waals surface area contributed by atoms with Gasteiger partial charge < -0.3 is 15.7 Å². The number of aromatic nitrogens is 2. The van der Waals surface area contributed by atoms with Gasteiger partial charge in [-0.05, 0) is 34.9 Å². The van der Waals surface area contributed by atoms with Gasteiger partial charge in [0.1, 0.15) is 0 Å². The quantitative estimate of drug-likeness (QED) is 0.279. The van der Waals surface area contributed by atoms with Crippen LogP contribution in [0, 0.1) is 5.82 Å². The number of aromatic hydroxyl groups is 1. The molecule has 0 aliphatic heterocycles. The highest BCUT2D eigenvalue weighted by atomic mass is 127. The Morgan fingerprint density at radius 3 is 2.54 bits per heavy atom. The van der Waals surface area contributed by atoms with E-state index in [-0.39, 0.29) is 29.7 Å². The summed E-state index contributed by atoms with van der Waals surface area (Å²) in [6.45, 7) is 1.69. The number of guanidine groups is 1. The monoisotopic (exact) mass is 495 g/mol. The van der Waals surface area contributed by atoms with Crippen LogP contribution in [0.2, 0.25) is 0 Å². The number of phenols is 1. The zero-order valence-corrected chi connectivity index (χ0v) is 17.8. The normalized spacial score (nSPS) is 11.0. The summed E-state index contributed by atoms with van der Waals surface area (Å²) >= 11 is 0. The standard InChI is InChI=1S/C20H22FN5O.HI/c1-22-20(23-12-15-7-8-19(27)18(21)11-15)24-13-16-5-2-3-6-17(16)14-26-10-4-9-25-26;/h2-11,27H,12-14H2,1H3,(H2,22,23,24);1H. The van der Waals surface area contributed by atoms with Crippen molar-refractivity contribution in [2.24, 2.45) is 4.99 Å². The lowest BCUT2D eigenvalue weighted by Gasteiger charge is -2.14. The van der Waals surface area contributed by atoms with Crippen LogP contribution in [0.1, 0.15) is 16.7 Å². The van der Waals surface area contributed by atoms with E-state index in [9.17, 15) is 9.50 Å². The van der Waals surface area contributed by atoms with Crippen LogP contribution in [0.3, 0.4) is 0 Å². The molecule has 0 saturated carbocycles. The molecule has 0 unspecified atom stereocenters. The largest absolute Gasteiger partial charge is 0.505 e. The van der Waals surface area contributed by atoms with Crippen molar-refractivity contribution in [2.75, 3.05) is 7.05 Å². The average molecular weight is 495 g/mol. The zero-order chi connectivity index (χ0) is 19.1. The van der Waals surface area contributed by atoms with E-state index >= 15 is 0 Å². The van der Waals surface area contributed by atoms with Crippen LogP contribution < -0.4 is 10.6 Å². The third-order valence-electron chi connectivity index (χ3n) is 4.15. The smallest absolute Gasteiger partial charge is 0.191 e. The molecule has 0 atom stereocenters. The minimum absolute atomic E-state index is 0. The van der Waals surface area contributed by atoms with Crippen LogP contribution in [0.25, 0.3) is 0 Å². The summed E-state index contributed by atoms with van der Waals surface area (Å²) < 4.78 is 15.3. The second kappa shape index (κ2) is 10.6. The van der Waals surface area contributed by atoms with E-state index in [1.54, 1.807) is 19.3 Å². The van der Waals surface area contributed by atoms with Crippen molar-refractivity contribution in [2.45, 2.75) is 19.6 Å². The van der Waals surface area contributed by atoms with Gasteiger partial charge in [0.25, 0.3) is 0 Å². The highest BCUT2D eigenvalue weighted by Crippen LogP contribution is 2.16. The van der Waals surface area contributed by atoms with E-state index in [0.29, 0.717) is 31.2 Å². The van der Waals surface area contributed by atoms with Gasteiger partial charge in [-0.1, -0.05) is 30.3 Å². The second-order valence-corrected chi connectivity index (χ2v) is 6.04. The Morgan fingerprint density at radius 2 is 1.86 bits per heavy atom. The highest BCUT2D eigenvalue weighted by molar-refractivity contribution is 14.0. The Labute approximate surface area is 180 Å². The number of rotatable bonds is 6. The van der Waals surface area contributed by atoms with E-state index in [1.807, 2.05) is 29.1 Å². The first-order valence-electron chi connectivity index (χ1n) is 8.62. The Morgan fingerprint density at radius 1 is 1.11 bits per heavy atom. The molecule has 0 spiro atoms. The maximum absolute atomic E-state index is 13.4. The molecule has 6 nitrogen and oxygen atoms in total. The molecule has 0 radical (unpaired) electrons. The van der Waals surface area contributed by atoms with E-state index in [2.05, 4.69) is 32.9 Å². The molecule has 8 heteroatoms. The molecule has 148 valence electrons. The Bertz CT molecular complexity index is 915. The first-order valence-corrected chi connectivity index (χ1v) is 8.62. The van der Waals surface area contributed by atoms with Gasteiger partial charge in [0, 0.05) is 32.5 Å². The van der Waals surface area contributed by atoms with Gasteiger partial charge in [-0.15, -0.1) is 24.0 Å². The summed E-state index contributed by atoms with van der Waals surface area (Å²) in [5, 5.41) is 19.9. The molecular weight excluding hydrogens is 472 g/mol. The molecule has 0 aliphatic rings. The third kappa shape index (κ3) is 5.95. The highest BCUT2D eigenvalue weighted by Gasteiger charge is 2.06. The molecule has 3 rings (SSSR count). The molecule has 28 heavy (non-hydrogen) atoms. The van der Waals surface area contributed by atoms with Crippen molar-refractivity contribution in [3.63, 3.8) is 0 Å². The number of phenolic OH excluding ortho intramolecular Hbond substituents is 1. The van der Waals surface area contributed by atoms with Crippen molar-refractivity contribution < 1.29 is 9.50 Å². The fourth-order valence-corrected chi connectivity index (χ4v) is 2.70. The maximum Gasteiger partial charge on any atom is 0.191 e. The number of hydrogen-bond donors (Lipinski definition) is 3. The van der Waals surface area contributed by atoms with Crippen molar-refractivity contribution in [1.82, 2.24) is 20.4 Å². The molecule has 1 aromatic heterocycles. The van der Waals surface area contributed by atoms with Crippen LogP contribution in [-0.2, 0) is 19.6 Å². The van der Waals surface area contributed by atoms with Crippen molar-refractivity contribution >= 4 is 29.9 Å². The third-order valence-corrected chi connectivity index (χ3v) is 4.15. The van der Waals surface area contributed by atoms with Crippen LogP contribution in [0.4, 0.5) is 4.39 Å². The Kier molecular flexibility index (Phi) is 8.24. The summed E-state index contributed by atoms with van der Waals surface area (Å²) in [6.07, 6.45) is 3.69.